The number of halogens is 1. The predicted octanol–water partition coefficient (Wildman–Crippen LogP) is 4.19. The Bertz CT molecular complexity index is 647. The summed E-state index contributed by atoms with van der Waals surface area (Å²) in [5.74, 6) is -0.527. The molecule has 0 radical (unpaired) electrons. The molecule has 0 amide bonds. The number of rotatable bonds is 2. The van der Waals surface area contributed by atoms with Crippen molar-refractivity contribution in [1.82, 2.24) is 0 Å². The van der Waals surface area contributed by atoms with Gasteiger partial charge in [0.2, 0.25) is 0 Å². The van der Waals surface area contributed by atoms with Crippen molar-refractivity contribution in [3.8, 4) is 5.75 Å². The van der Waals surface area contributed by atoms with Gasteiger partial charge in [0.15, 0.2) is 28.8 Å². The average molecular weight is 356 g/mol. The van der Waals surface area contributed by atoms with Gasteiger partial charge in [-0.2, -0.15) is 0 Å². The molecule has 0 saturated heterocycles. The van der Waals surface area contributed by atoms with Crippen LogP contribution in [-0.2, 0) is 0 Å². The second-order valence-corrected chi connectivity index (χ2v) is 4.82. The molecule has 2 aromatic rings. The minimum absolute atomic E-state index is 0.236. The van der Waals surface area contributed by atoms with Gasteiger partial charge in [0, 0.05) is 5.39 Å². The van der Waals surface area contributed by atoms with Crippen molar-refractivity contribution in [2.24, 2.45) is 0 Å². The van der Waals surface area contributed by atoms with Crippen LogP contribution >= 0.6 is 23.0 Å². The molecule has 0 aliphatic heterocycles. The van der Waals surface area contributed by atoms with Crippen LogP contribution in [0.3, 0.4) is 0 Å². The lowest BCUT2D eigenvalue weighted by molar-refractivity contribution is 0.0695. The number of benzene rings is 2. The molecule has 0 aliphatic carbocycles. The second-order valence-electron chi connectivity index (χ2n) is 4.38. The number of hydrogen-bond donors (Lipinski definition) is 1. The molecule has 0 bridgehead atoms. The molecule has 0 unspecified atom stereocenters. The third kappa shape index (κ3) is 1.94. The molecule has 0 spiro atoms. The van der Waals surface area contributed by atoms with Gasteiger partial charge in [-0.1, -0.05) is 18.2 Å². The van der Waals surface area contributed by atoms with Crippen molar-refractivity contribution in [3.05, 3.63) is 40.5 Å². The maximum atomic E-state index is 11.3. The highest BCUT2D eigenvalue weighted by molar-refractivity contribution is 14.1. The summed E-state index contributed by atoms with van der Waals surface area (Å²) in [6, 6.07) is 5.82. The number of carboxylic acid groups (broad SMARTS) is 1. The second kappa shape index (κ2) is 4.76. The van der Waals surface area contributed by atoms with Gasteiger partial charge in [0.1, 0.15) is 5.56 Å². The molecule has 1 N–H and O–H groups in total. The lowest BCUT2D eigenvalue weighted by atomic mass is 9.95. The van der Waals surface area contributed by atoms with Crippen LogP contribution < -0.4 is 3.07 Å². The van der Waals surface area contributed by atoms with E-state index in [4.69, 9.17) is 3.07 Å². The molecule has 2 aromatic carbocycles. The van der Waals surface area contributed by atoms with Crippen LogP contribution in [-0.4, -0.2) is 11.1 Å². The molecular formula is C14H13IO3. The summed E-state index contributed by atoms with van der Waals surface area (Å²) in [6.07, 6.45) is 0. The molecular weight excluding hydrogens is 343 g/mol. The molecule has 0 saturated carbocycles. The quantitative estimate of drug-likeness (QED) is 0.821. The number of hydrogen-bond acceptors (Lipinski definition) is 2. The Morgan fingerprint density at radius 2 is 1.83 bits per heavy atom. The number of fused-ring (bicyclic) bond motifs is 1. The lowest BCUT2D eigenvalue weighted by Crippen LogP contribution is -2.03. The summed E-state index contributed by atoms with van der Waals surface area (Å²) in [5.41, 5.74) is 3.29. The minimum atomic E-state index is -0.959. The van der Waals surface area contributed by atoms with Gasteiger partial charge in [-0.05, 0) is 42.8 Å². The van der Waals surface area contributed by atoms with Crippen LogP contribution in [0, 0.1) is 20.8 Å². The zero-order chi connectivity index (χ0) is 13.4. The van der Waals surface area contributed by atoms with E-state index in [0.29, 0.717) is 5.75 Å². The summed E-state index contributed by atoms with van der Waals surface area (Å²) in [6.45, 7) is 5.87. The molecule has 0 aliphatic rings. The van der Waals surface area contributed by atoms with Gasteiger partial charge in [0.25, 0.3) is 0 Å². The van der Waals surface area contributed by atoms with Crippen molar-refractivity contribution < 1.29 is 13.0 Å². The summed E-state index contributed by atoms with van der Waals surface area (Å²) in [7, 11) is 0. The van der Waals surface area contributed by atoms with Crippen molar-refractivity contribution in [2.45, 2.75) is 20.8 Å². The Kier molecular flexibility index (Phi) is 3.47. The van der Waals surface area contributed by atoms with E-state index in [9.17, 15) is 9.90 Å². The fourth-order valence-electron chi connectivity index (χ4n) is 2.17. The summed E-state index contributed by atoms with van der Waals surface area (Å²) >= 11 is 1.73. The smallest absolute Gasteiger partial charge is 0.339 e. The molecule has 3 nitrogen and oxygen atoms in total. The minimum Gasteiger partial charge on any atom is -0.478 e. The maximum Gasteiger partial charge on any atom is 0.339 e. The molecule has 0 aromatic heterocycles. The number of carboxylic acids is 1. The van der Waals surface area contributed by atoms with Crippen LogP contribution in [0.2, 0.25) is 0 Å². The van der Waals surface area contributed by atoms with Gasteiger partial charge in [-0.15, -0.1) is 0 Å². The highest BCUT2D eigenvalue weighted by Gasteiger charge is 2.19. The molecule has 94 valence electrons. The van der Waals surface area contributed by atoms with E-state index in [0.717, 1.165) is 21.9 Å². The first-order chi connectivity index (χ1) is 8.47. The number of aryl methyl sites for hydroxylation is 3. The van der Waals surface area contributed by atoms with Crippen LogP contribution in [0.15, 0.2) is 18.2 Å². The Morgan fingerprint density at radius 1 is 1.17 bits per heavy atom. The van der Waals surface area contributed by atoms with E-state index in [1.165, 1.54) is 5.56 Å². The van der Waals surface area contributed by atoms with Gasteiger partial charge < -0.3 is 8.17 Å². The first-order valence-electron chi connectivity index (χ1n) is 5.52. The highest BCUT2D eigenvalue weighted by atomic mass is 127. The molecule has 0 atom stereocenters. The Morgan fingerprint density at radius 3 is 2.39 bits per heavy atom. The number of aromatic carboxylic acids is 1. The Labute approximate surface area is 119 Å². The van der Waals surface area contributed by atoms with Crippen LogP contribution in [0.1, 0.15) is 27.0 Å². The first-order valence-corrected chi connectivity index (χ1v) is 6.40. The standard InChI is InChI=1S/C14H13IO3/c1-7-4-5-10-11(9(7)3)6-8(2)12(14(16)17)13(10)18-15/h4-6H,1-3H3,(H,16,17). The van der Waals surface area contributed by atoms with E-state index < -0.39 is 5.97 Å². The molecule has 0 fully saturated rings. The Hall–Kier alpha value is -1.30. The highest BCUT2D eigenvalue weighted by Crippen LogP contribution is 2.36. The van der Waals surface area contributed by atoms with Crippen LogP contribution in [0.5, 0.6) is 5.75 Å². The van der Waals surface area contributed by atoms with Gasteiger partial charge in [0.05, 0.1) is 0 Å². The molecule has 18 heavy (non-hydrogen) atoms. The van der Waals surface area contributed by atoms with Gasteiger partial charge in [-0.25, -0.2) is 4.79 Å². The zero-order valence-corrected chi connectivity index (χ0v) is 12.5. The van der Waals surface area contributed by atoms with Crippen molar-refractivity contribution in [1.29, 1.82) is 0 Å². The fraction of sp³-hybridized carbons (Fsp3) is 0.214. The van der Waals surface area contributed by atoms with Gasteiger partial charge >= 0.3 is 5.97 Å². The SMILES string of the molecule is Cc1cc2c(C)c(C)ccc2c(OI)c1C(=O)O. The van der Waals surface area contributed by atoms with E-state index in [1.54, 1.807) is 29.9 Å². The summed E-state index contributed by atoms with van der Waals surface area (Å²) < 4.78 is 5.28. The number of carbonyl (C=O) groups is 1. The molecule has 0 heterocycles. The summed E-state index contributed by atoms with van der Waals surface area (Å²) in [4.78, 5) is 11.3. The zero-order valence-electron chi connectivity index (χ0n) is 10.4. The normalized spacial score (nSPS) is 10.7. The third-order valence-corrected chi connectivity index (χ3v) is 3.74. The molecule has 4 heteroatoms. The lowest BCUT2D eigenvalue weighted by Gasteiger charge is -2.13. The van der Waals surface area contributed by atoms with E-state index in [1.807, 2.05) is 32.0 Å². The average Bonchev–Trinajstić information content (AvgIpc) is 2.32. The predicted molar refractivity (Wildman–Crippen MR) is 79.8 cm³/mol. The fourth-order valence-corrected chi connectivity index (χ4v) is 2.63. The van der Waals surface area contributed by atoms with Crippen LogP contribution in [0.25, 0.3) is 10.8 Å². The maximum absolute atomic E-state index is 11.3. The van der Waals surface area contributed by atoms with Crippen molar-refractivity contribution >= 4 is 39.7 Å². The van der Waals surface area contributed by atoms with Crippen molar-refractivity contribution in [2.75, 3.05) is 0 Å². The summed E-state index contributed by atoms with van der Waals surface area (Å²) in [5, 5.41) is 11.2. The Balaban J connectivity index is 2.97. The van der Waals surface area contributed by atoms with Gasteiger partial charge in [-0.3, -0.25) is 0 Å². The van der Waals surface area contributed by atoms with Crippen molar-refractivity contribution in [3.63, 3.8) is 0 Å². The largest absolute Gasteiger partial charge is 0.478 e. The monoisotopic (exact) mass is 356 g/mol. The first kappa shape index (κ1) is 13.1. The molecule has 2 rings (SSSR count). The topological polar surface area (TPSA) is 46.5 Å². The third-order valence-electron chi connectivity index (χ3n) is 3.30. The van der Waals surface area contributed by atoms with Crippen LogP contribution in [0.4, 0.5) is 0 Å². The van der Waals surface area contributed by atoms with E-state index >= 15 is 0 Å². The van der Waals surface area contributed by atoms with E-state index in [2.05, 4.69) is 0 Å². The van der Waals surface area contributed by atoms with E-state index in [-0.39, 0.29) is 5.56 Å².